The zero-order valence-electron chi connectivity index (χ0n) is 9.00. The molecule has 0 aromatic carbocycles. The van der Waals surface area contributed by atoms with Crippen LogP contribution in [0.5, 0.6) is 0 Å². The molecule has 1 atom stereocenters. The molecule has 2 saturated heterocycles. The summed E-state index contributed by atoms with van der Waals surface area (Å²) >= 11 is 2.12. The third-order valence-electron chi connectivity index (χ3n) is 3.33. The third-order valence-corrected chi connectivity index (χ3v) is 4.38. The highest BCUT2D eigenvalue weighted by atomic mass is 32.2. The molecule has 2 aliphatic rings. The van der Waals surface area contributed by atoms with E-state index in [0.29, 0.717) is 0 Å². The quantitative estimate of drug-likeness (QED) is 0.765. The van der Waals surface area contributed by atoms with Crippen LogP contribution < -0.4 is 5.32 Å². The van der Waals surface area contributed by atoms with Gasteiger partial charge in [-0.1, -0.05) is 0 Å². The Bertz CT molecular complexity index is 149. The Hall–Kier alpha value is 0.270. The second-order valence-corrected chi connectivity index (χ2v) is 5.68. The van der Waals surface area contributed by atoms with Crippen molar-refractivity contribution in [3.05, 3.63) is 0 Å². The highest BCUT2D eigenvalue weighted by Crippen LogP contribution is 2.15. The SMILES string of the molecule is C1CSCCN(CCC2CCNC2)C1. The minimum Gasteiger partial charge on any atom is -0.316 e. The van der Waals surface area contributed by atoms with Crippen molar-refractivity contribution in [2.24, 2.45) is 5.92 Å². The van der Waals surface area contributed by atoms with Crippen molar-refractivity contribution in [2.75, 3.05) is 44.2 Å². The minimum atomic E-state index is 0.964. The lowest BCUT2D eigenvalue weighted by Crippen LogP contribution is -2.28. The van der Waals surface area contributed by atoms with E-state index < -0.39 is 0 Å². The number of nitrogens with zero attached hydrogens (tertiary/aromatic N) is 1. The van der Waals surface area contributed by atoms with E-state index in [9.17, 15) is 0 Å². The van der Waals surface area contributed by atoms with E-state index in [4.69, 9.17) is 0 Å². The molecule has 0 saturated carbocycles. The van der Waals surface area contributed by atoms with Crippen molar-refractivity contribution in [3.63, 3.8) is 0 Å². The van der Waals surface area contributed by atoms with Crippen molar-refractivity contribution in [1.29, 1.82) is 0 Å². The molecule has 2 heterocycles. The van der Waals surface area contributed by atoms with Crippen LogP contribution in [0, 0.1) is 5.92 Å². The normalized spacial score (nSPS) is 30.4. The highest BCUT2D eigenvalue weighted by Gasteiger charge is 2.16. The van der Waals surface area contributed by atoms with Crippen molar-refractivity contribution in [1.82, 2.24) is 10.2 Å². The van der Waals surface area contributed by atoms with Crippen LogP contribution in [-0.4, -0.2) is 49.1 Å². The van der Waals surface area contributed by atoms with E-state index in [1.54, 1.807) is 0 Å². The lowest BCUT2D eigenvalue weighted by atomic mass is 10.0. The molecular weight excluding hydrogens is 192 g/mol. The second kappa shape index (κ2) is 5.99. The largest absolute Gasteiger partial charge is 0.316 e. The van der Waals surface area contributed by atoms with Gasteiger partial charge in [-0.3, -0.25) is 0 Å². The van der Waals surface area contributed by atoms with Crippen LogP contribution in [0.1, 0.15) is 19.3 Å². The zero-order valence-corrected chi connectivity index (χ0v) is 9.82. The van der Waals surface area contributed by atoms with E-state index in [0.717, 1.165) is 5.92 Å². The zero-order chi connectivity index (χ0) is 9.64. The van der Waals surface area contributed by atoms with E-state index in [-0.39, 0.29) is 0 Å². The van der Waals surface area contributed by atoms with Gasteiger partial charge in [-0.15, -0.1) is 0 Å². The fraction of sp³-hybridized carbons (Fsp3) is 1.00. The Labute approximate surface area is 91.8 Å². The molecule has 0 bridgehead atoms. The van der Waals surface area contributed by atoms with Crippen molar-refractivity contribution in [2.45, 2.75) is 19.3 Å². The third kappa shape index (κ3) is 3.44. The molecular formula is C11H22N2S. The summed E-state index contributed by atoms with van der Waals surface area (Å²) in [5, 5.41) is 3.45. The summed E-state index contributed by atoms with van der Waals surface area (Å²) in [5.74, 6) is 3.69. The maximum atomic E-state index is 3.45. The van der Waals surface area contributed by atoms with E-state index in [2.05, 4.69) is 22.0 Å². The van der Waals surface area contributed by atoms with Crippen molar-refractivity contribution >= 4 is 11.8 Å². The average molecular weight is 214 g/mol. The molecule has 0 spiro atoms. The van der Waals surface area contributed by atoms with Crippen LogP contribution in [-0.2, 0) is 0 Å². The number of rotatable bonds is 3. The Balaban J connectivity index is 1.62. The van der Waals surface area contributed by atoms with Gasteiger partial charge in [-0.2, -0.15) is 11.8 Å². The molecule has 1 unspecified atom stereocenters. The standard InChI is InChI=1S/C11H22N2S/c1-5-13(7-9-14-8-1)6-3-11-2-4-12-10-11/h11-12H,1-10H2. The molecule has 0 radical (unpaired) electrons. The van der Waals surface area contributed by atoms with Crippen LogP contribution in [0.2, 0.25) is 0 Å². The first kappa shape index (κ1) is 10.8. The first-order valence-electron chi connectivity index (χ1n) is 5.96. The van der Waals surface area contributed by atoms with E-state index >= 15 is 0 Å². The van der Waals surface area contributed by atoms with Gasteiger partial charge in [-0.25, -0.2) is 0 Å². The van der Waals surface area contributed by atoms with Gasteiger partial charge in [0.2, 0.25) is 0 Å². The van der Waals surface area contributed by atoms with E-state index in [1.807, 2.05) is 0 Å². The van der Waals surface area contributed by atoms with Gasteiger partial charge in [0.1, 0.15) is 0 Å². The summed E-state index contributed by atoms with van der Waals surface area (Å²) in [7, 11) is 0. The van der Waals surface area contributed by atoms with Crippen LogP contribution >= 0.6 is 11.8 Å². The molecule has 14 heavy (non-hydrogen) atoms. The molecule has 2 fully saturated rings. The summed E-state index contributed by atoms with van der Waals surface area (Å²) in [5.41, 5.74) is 0. The number of thioether (sulfide) groups is 1. The summed E-state index contributed by atoms with van der Waals surface area (Å²) in [6.07, 6.45) is 4.22. The maximum absolute atomic E-state index is 3.45. The average Bonchev–Trinajstić information content (AvgIpc) is 2.58. The Morgan fingerprint density at radius 1 is 1.29 bits per heavy atom. The molecule has 82 valence electrons. The van der Waals surface area contributed by atoms with Gasteiger partial charge in [0.25, 0.3) is 0 Å². The van der Waals surface area contributed by atoms with Crippen molar-refractivity contribution in [3.8, 4) is 0 Å². The monoisotopic (exact) mass is 214 g/mol. The van der Waals surface area contributed by atoms with Crippen LogP contribution in [0.15, 0.2) is 0 Å². The van der Waals surface area contributed by atoms with Crippen LogP contribution in [0.3, 0.4) is 0 Å². The second-order valence-electron chi connectivity index (χ2n) is 4.46. The lowest BCUT2D eigenvalue weighted by Gasteiger charge is -2.20. The first-order valence-corrected chi connectivity index (χ1v) is 7.11. The van der Waals surface area contributed by atoms with Crippen LogP contribution in [0.25, 0.3) is 0 Å². The molecule has 0 amide bonds. The predicted octanol–water partition coefficient (Wildman–Crippen LogP) is 1.42. The van der Waals surface area contributed by atoms with Gasteiger partial charge in [0.15, 0.2) is 0 Å². The predicted molar refractivity (Wildman–Crippen MR) is 64.0 cm³/mol. The fourth-order valence-corrected chi connectivity index (χ4v) is 3.27. The highest BCUT2D eigenvalue weighted by molar-refractivity contribution is 7.99. The summed E-state index contributed by atoms with van der Waals surface area (Å²) in [6.45, 7) is 6.52. The van der Waals surface area contributed by atoms with Crippen LogP contribution in [0.4, 0.5) is 0 Å². The number of hydrogen-bond acceptors (Lipinski definition) is 3. The molecule has 1 N–H and O–H groups in total. The Kier molecular flexibility index (Phi) is 4.61. The molecule has 2 aliphatic heterocycles. The first-order chi connectivity index (χ1) is 6.95. The van der Waals surface area contributed by atoms with Gasteiger partial charge in [0.05, 0.1) is 0 Å². The minimum absolute atomic E-state index is 0.964. The van der Waals surface area contributed by atoms with Gasteiger partial charge in [0, 0.05) is 12.3 Å². The number of hydrogen-bond donors (Lipinski definition) is 1. The van der Waals surface area contributed by atoms with Gasteiger partial charge >= 0.3 is 0 Å². The van der Waals surface area contributed by atoms with Gasteiger partial charge < -0.3 is 10.2 Å². The Morgan fingerprint density at radius 2 is 2.29 bits per heavy atom. The molecule has 2 nitrogen and oxygen atoms in total. The lowest BCUT2D eigenvalue weighted by molar-refractivity contribution is 0.272. The molecule has 0 aromatic heterocycles. The molecule has 3 heteroatoms. The molecule has 2 rings (SSSR count). The molecule has 0 aromatic rings. The van der Waals surface area contributed by atoms with Crippen molar-refractivity contribution < 1.29 is 0 Å². The summed E-state index contributed by atoms with van der Waals surface area (Å²) in [6, 6.07) is 0. The topological polar surface area (TPSA) is 15.3 Å². The summed E-state index contributed by atoms with van der Waals surface area (Å²) in [4.78, 5) is 2.66. The van der Waals surface area contributed by atoms with Gasteiger partial charge in [-0.05, 0) is 57.1 Å². The number of nitrogens with one attached hydrogen (secondary N) is 1. The maximum Gasteiger partial charge on any atom is 0.00723 e. The Morgan fingerprint density at radius 3 is 3.14 bits per heavy atom. The summed E-state index contributed by atoms with van der Waals surface area (Å²) < 4.78 is 0. The smallest absolute Gasteiger partial charge is 0.00723 e. The van der Waals surface area contributed by atoms with E-state index in [1.165, 1.54) is 63.5 Å². The fourth-order valence-electron chi connectivity index (χ4n) is 2.35. The molecule has 0 aliphatic carbocycles.